The number of nitrogens with zero attached hydrogens (tertiary/aromatic N) is 2. The first-order valence-corrected chi connectivity index (χ1v) is 8.65. The van der Waals surface area contributed by atoms with Gasteiger partial charge >= 0.3 is 0 Å². The van der Waals surface area contributed by atoms with E-state index in [2.05, 4.69) is 4.98 Å². The molecule has 4 rings (SSSR count). The van der Waals surface area contributed by atoms with Crippen LogP contribution in [0.4, 0.5) is 5.69 Å². The van der Waals surface area contributed by atoms with Crippen molar-refractivity contribution in [2.45, 2.75) is 31.9 Å². The van der Waals surface area contributed by atoms with Crippen LogP contribution in [0.2, 0.25) is 0 Å². The van der Waals surface area contributed by atoms with Crippen molar-refractivity contribution in [1.82, 2.24) is 9.88 Å². The smallest absolute Gasteiger partial charge is 0.268 e. The number of likely N-dealkylation sites (tertiary alicyclic amines) is 1. The SMILES string of the molecule is C[C@H]1Oc2ccccc2N(CC(=O)N2CCC[C@H]2c2ccc[nH]2)C1=O. The van der Waals surface area contributed by atoms with E-state index in [0.29, 0.717) is 11.4 Å². The molecule has 0 saturated carbocycles. The van der Waals surface area contributed by atoms with E-state index < -0.39 is 6.10 Å². The van der Waals surface area contributed by atoms with Crippen molar-refractivity contribution in [2.24, 2.45) is 0 Å². The summed E-state index contributed by atoms with van der Waals surface area (Å²) in [6, 6.07) is 11.4. The van der Waals surface area contributed by atoms with E-state index in [1.807, 2.05) is 47.5 Å². The van der Waals surface area contributed by atoms with E-state index in [4.69, 9.17) is 4.74 Å². The lowest BCUT2D eigenvalue weighted by Crippen LogP contribution is -2.49. The highest BCUT2D eigenvalue weighted by molar-refractivity contribution is 6.03. The summed E-state index contributed by atoms with van der Waals surface area (Å²) < 4.78 is 5.64. The molecule has 0 aliphatic carbocycles. The van der Waals surface area contributed by atoms with Gasteiger partial charge < -0.3 is 14.6 Å². The van der Waals surface area contributed by atoms with Gasteiger partial charge in [-0.05, 0) is 44.0 Å². The molecule has 1 aromatic heterocycles. The van der Waals surface area contributed by atoms with E-state index in [1.54, 1.807) is 11.8 Å². The Morgan fingerprint density at radius 1 is 1.28 bits per heavy atom. The first-order valence-electron chi connectivity index (χ1n) is 8.65. The van der Waals surface area contributed by atoms with Crippen LogP contribution >= 0.6 is 0 Å². The number of H-pyrrole nitrogens is 1. The second-order valence-electron chi connectivity index (χ2n) is 6.52. The number of benzene rings is 1. The second kappa shape index (κ2) is 6.27. The van der Waals surface area contributed by atoms with Crippen molar-refractivity contribution < 1.29 is 14.3 Å². The van der Waals surface area contributed by atoms with Gasteiger partial charge in [-0.25, -0.2) is 0 Å². The summed E-state index contributed by atoms with van der Waals surface area (Å²) >= 11 is 0. The first kappa shape index (κ1) is 15.7. The number of rotatable bonds is 3. The maximum atomic E-state index is 13.0. The van der Waals surface area contributed by atoms with Gasteiger partial charge in [0.2, 0.25) is 5.91 Å². The van der Waals surface area contributed by atoms with Crippen molar-refractivity contribution in [3.05, 3.63) is 48.3 Å². The highest BCUT2D eigenvalue weighted by atomic mass is 16.5. The van der Waals surface area contributed by atoms with Gasteiger partial charge in [0.15, 0.2) is 6.10 Å². The molecule has 0 bridgehead atoms. The summed E-state index contributed by atoms with van der Waals surface area (Å²) in [7, 11) is 0. The molecule has 2 aliphatic rings. The van der Waals surface area contributed by atoms with Crippen LogP contribution in [0.5, 0.6) is 5.75 Å². The Bertz CT molecular complexity index is 787. The van der Waals surface area contributed by atoms with Gasteiger partial charge in [-0.3, -0.25) is 14.5 Å². The standard InChI is InChI=1S/C19H21N3O3/c1-13-19(24)22(16-7-2-3-9-17(16)25-13)12-18(23)21-11-5-8-15(21)14-6-4-10-20-14/h2-4,6-7,9-10,13,15,20H,5,8,11-12H2,1H3/t13-,15+/m1/s1. The molecule has 6 nitrogen and oxygen atoms in total. The van der Waals surface area contributed by atoms with Crippen LogP contribution in [-0.4, -0.2) is 40.9 Å². The minimum atomic E-state index is -0.583. The molecule has 2 amide bonds. The minimum Gasteiger partial charge on any atom is -0.479 e. The highest BCUT2D eigenvalue weighted by Crippen LogP contribution is 2.35. The molecular formula is C19H21N3O3. The zero-order valence-electron chi connectivity index (χ0n) is 14.1. The van der Waals surface area contributed by atoms with Crippen LogP contribution < -0.4 is 9.64 Å². The van der Waals surface area contributed by atoms with Crippen LogP contribution in [0.3, 0.4) is 0 Å². The Labute approximate surface area is 146 Å². The fourth-order valence-corrected chi connectivity index (χ4v) is 3.69. The number of ether oxygens (including phenoxy) is 1. The lowest BCUT2D eigenvalue weighted by atomic mass is 10.1. The average Bonchev–Trinajstić information content (AvgIpc) is 3.29. The first-order chi connectivity index (χ1) is 12.1. The maximum Gasteiger partial charge on any atom is 0.268 e. The molecule has 130 valence electrons. The van der Waals surface area contributed by atoms with Gasteiger partial charge in [0.25, 0.3) is 5.91 Å². The molecule has 2 atom stereocenters. The van der Waals surface area contributed by atoms with Crippen LogP contribution in [-0.2, 0) is 9.59 Å². The molecule has 0 unspecified atom stereocenters. The van der Waals surface area contributed by atoms with Crippen molar-refractivity contribution in [1.29, 1.82) is 0 Å². The molecule has 2 aliphatic heterocycles. The fraction of sp³-hybridized carbons (Fsp3) is 0.368. The fourth-order valence-electron chi connectivity index (χ4n) is 3.69. The molecule has 1 aromatic carbocycles. The quantitative estimate of drug-likeness (QED) is 0.934. The third-order valence-corrected chi connectivity index (χ3v) is 4.92. The molecule has 1 saturated heterocycles. The van der Waals surface area contributed by atoms with Crippen molar-refractivity contribution >= 4 is 17.5 Å². The van der Waals surface area contributed by atoms with Crippen LogP contribution in [0.1, 0.15) is 31.5 Å². The lowest BCUT2D eigenvalue weighted by Gasteiger charge is -2.34. The van der Waals surface area contributed by atoms with Crippen molar-refractivity contribution in [2.75, 3.05) is 18.0 Å². The number of amides is 2. The molecule has 1 N–H and O–H groups in total. The maximum absolute atomic E-state index is 13.0. The van der Waals surface area contributed by atoms with Crippen LogP contribution in [0.15, 0.2) is 42.6 Å². The summed E-state index contributed by atoms with van der Waals surface area (Å²) in [5.41, 5.74) is 1.71. The van der Waals surface area contributed by atoms with Gasteiger partial charge in [0.1, 0.15) is 12.3 Å². The number of fused-ring (bicyclic) bond motifs is 1. The number of aromatic nitrogens is 1. The third kappa shape index (κ3) is 2.77. The number of para-hydroxylation sites is 2. The number of aromatic amines is 1. The van der Waals surface area contributed by atoms with Gasteiger partial charge in [-0.1, -0.05) is 12.1 Å². The predicted molar refractivity (Wildman–Crippen MR) is 93.4 cm³/mol. The Kier molecular flexibility index (Phi) is 3.95. The van der Waals surface area contributed by atoms with Gasteiger partial charge in [0.05, 0.1) is 11.7 Å². The zero-order valence-corrected chi connectivity index (χ0v) is 14.1. The number of carbonyl (C=O) groups excluding carboxylic acids is 2. The number of anilines is 1. The van der Waals surface area contributed by atoms with Gasteiger partial charge in [-0.2, -0.15) is 0 Å². The molecule has 3 heterocycles. The predicted octanol–water partition coefficient (Wildman–Crippen LogP) is 2.49. The molecule has 0 spiro atoms. The number of carbonyl (C=O) groups is 2. The molecule has 0 radical (unpaired) electrons. The number of hydrogen-bond acceptors (Lipinski definition) is 3. The van der Waals surface area contributed by atoms with Gasteiger partial charge in [-0.15, -0.1) is 0 Å². The summed E-state index contributed by atoms with van der Waals surface area (Å²) in [6.45, 7) is 2.48. The Hall–Kier alpha value is -2.76. The third-order valence-electron chi connectivity index (χ3n) is 4.92. The van der Waals surface area contributed by atoms with E-state index in [-0.39, 0.29) is 24.4 Å². The molecule has 1 fully saturated rings. The normalized spacial score (nSPS) is 22.7. The Balaban J connectivity index is 1.57. The lowest BCUT2D eigenvalue weighted by molar-refractivity contribution is -0.133. The second-order valence-corrected chi connectivity index (χ2v) is 6.52. The molecule has 25 heavy (non-hydrogen) atoms. The summed E-state index contributed by atoms with van der Waals surface area (Å²) in [5, 5.41) is 0. The Morgan fingerprint density at radius 3 is 2.92 bits per heavy atom. The zero-order chi connectivity index (χ0) is 17.4. The van der Waals surface area contributed by atoms with Gasteiger partial charge in [0, 0.05) is 18.4 Å². The largest absolute Gasteiger partial charge is 0.479 e. The highest BCUT2D eigenvalue weighted by Gasteiger charge is 2.36. The van der Waals surface area contributed by atoms with E-state index in [1.165, 1.54) is 0 Å². The molecule has 2 aromatic rings. The van der Waals surface area contributed by atoms with Crippen molar-refractivity contribution in [3.63, 3.8) is 0 Å². The topological polar surface area (TPSA) is 65.6 Å². The average molecular weight is 339 g/mol. The van der Waals surface area contributed by atoms with Crippen LogP contribution in [0, 0.1) is 0 Å². The van der Waals surface area contributed by atoms with E-state index in [0.717, 1.165) is 25.1 Å². The van der Waals surface area contributed by atoms with Crippen molar-refractivity contribution in [3.8, 4) is 5.75 Å². The summed E-state index contributed by atoms with van der Waals surface area (Å²) in [6.07, 6.45) is 3.20. The van der Waals surface area contributed by atoms with E-state index in [9.17, 15) is 9.59 Å². The number of hydrogen-bond donors (Lipinski definition) is 1. The van der Waals surface area contributed by atoms with E-state index >= 15 is 0 Å². The summed E-state index contributed by atoms with van der Waals surface area (Å²) in [5.74, 6) is 0.432. The molecular weight excluding hydrogens is 318 g/mol. The molecule has 6 heteroatoms. The minimum absolute atomic E-state index is 0.0330. The Morgan fingerprint density at radius 2 is 2.12 bits per heavy atom. The monoisotopic (exact) mass is 339 g/mol. The van der Waals surface area contributed by atoms with Crippen LogP contribution in [0.25, 0.3) is 0 Å². The number of nitrogens with one attached hydrogen (secondary N) is 1. The summed E-state index contributed by atoms with van der Waals surface area (Å²) in [4.78, 5) is 32.2.